The van der Waals surface area contributed by atoms with Crippen LogP contribution in [0.25, 0.3) is 6.08 Å². The molecule has 2 aromatic heterocycles. The Labute approximate surface area is 184 Å². The molecule has 2 N–H and O–H groups in total. The van der Waals surface area contributed by atoms with E-state index in [0.29, 0.717) is 23.6 Å². The highest BCUT2D eigenvalue weighted by atomic mass is 16.5. The largest absolute Gasteiger partial charge is 0.494 e. The zero-order valence-electron chi connectivity index (χ0n) is 19.0. The molecule has 0 spiro atoms. The number of aryl methyl sites for hydroxylation is 1. The Morgan fingerprint density at radius 2 is 1.94 bits per heavy atom. The van der Waals surface area contributed by atoms with Crippen molar-refractivity contribution in [3.63, 3.8) is 0 Å². The first-order valence-corrected chi connectivity index (χ1v) is 11.1. The number of aromatic amines is 2. The molecule has 0 unspecified atom stereocenters. The van der Waals surface area contributed by atoms with E-state index in [-0.39, 0.29) is 5.97 Å². The summed E-state index contributed by atoms with van der Waals surface area (Å²) in [5.74, 6) is 0.414. The molecule has 0 saturated heterocycles. The summed E-state index contributed by atoms with van der Waals surface area (Å²) in [5.41, 5.74) is 5.54. The number of rotatable bonds is 11. The molecule has 0 radical (unpaired) electrons. The molecule has 3 heterocycles. The molecule has 166 valence electrons. The Morgan fingerprint density at radius 3 is 2.65 bits per heavy atom. The molecule has 6 nitrogen and oxygen atoms in total. The number of methoxy groups -OCH3 is 1. The lowest BCUT2D eigenvalue weighted by Gasteiger charge is -2.06. The van der Waals surface area contributed by atoms with Crippen molar-refractivity contribution in [1.82, 2.24) is 9.97 Å². The summed E-state index contributed by atoms with van der Waals surface area (Å²) in [7, 11) is 1.63. The lowest BCUT2D eigenvalue weighted by molar-refractivity contribution is 0.0496. The summed E-state index contributed by atoms with van der Waals surface area (Å²) in [5, 5.41) is 0. The van der Waals surface area contributed by atoms with E-state index in [2.05, 4.69) is 21.9 Å². The maximum atomic E-state index is 12.7. The minimum atomic E-state index is -0.269. The van der Waals surface area contributed by atoms with Crippen molar-refractivity contribution in [3.05, 3.63) is 64.1 Å². The number of nitrogens with zero attached hydrogens (tertiary/aromatic N) is 1. The van der Waals surface area contributed by atoms with Crippen LogP contribution in [0.4, 0.5) is 0 Å². The predicted molar refractivity (Wildman–Crippen MR) is 124 cm³/mol. The van der Waals surface area contributed by atoms with Crippen LogP contribution < -0.4 is 0 Å². The van der Waals surface area contributed by atoms with Crippen LogP contribution in [0.15, 0.2) is 40.9 Å². The van der Waals surface area contributed by atoms with Gasteiger partial charge in [0, 0.05) is 23.7 Å². The van der Waals surface area contributed by atoms with Crippen molar-refractivity contribution in [3.8, 4) is 0 Å². The summed E-state index contributed by atoms with van der Waals surface area (Å²) in [4.78, 5) is 23.8. The van der Waals surface area contributed by atoms with Crippen LogP contribution in [0, 0.1) is 13.8 Å². The Morgan fingerprint density at radius 1 is 1.16 bits per heavy atom. The van der Waals surface area contributed by atoms with Crippen molar-refractivity contribution < 1.29 is 14.3 Å². The van der Waals surface area contributed by atoms with E-state index >= 15 is 0 Å². The van der Waals surface area contributed by atoms with Gasteiger partial charge >= 0.3 is 5.97 Å². The number of H-pyrrole nitrogens is 2. The van der Waals surface area contributed by atoms with Crippen molar-refractivity contribution in [2.45, 2.75) is 59.3 Å². The van der Waals surface area contributed by atoms with Gasteiger partial charge in [-0.25, -0.2) is 9.79 Å². The molecule has 0 atom stereocenters. The third kappa shape index (κ3) is 5.57. The van der Waals surface area contributed by atoms with Gasteiger partial charge in [-0.1, -0.05) is 39.0 Å². The lowest BCUT2D eigenvalue weighted by atomic mass is 10.1. The van der Waals surface area contributed by atoms with E-state index in [0.717, 1.165) is 41.2 Å². The number of carbonyl (C=O) groups is 1. The van der Waals surface area contributed by atoms with Gasteiger partial charge in [-0.3, -0.25) is 0 Å². The van der Waals surface area contributed by atoms with Gasteiger partial charge in [-0.2, -0.15) is 0 Å². The maximum absolute atomic E-state index is 12.7. The highest BCUT2D eigenvalue weighted by molar-refractivity contribution is 6.11. The number of esters is 1. The van der Waals surface area contributed by atoms with Crippen molar-refractivity contribution >= 4 is 17.8 Å². The SMILES string of the molecule is CCCCCCCCOC(=O)c1c(C)[nH]c(/C=C2\N=C(c3ccc[nH]3)C=C2OC)c1C. The monoisotopic (exact) mass is 423 g/mol. The molecule has 31 heavy (non-hydrogen) atoms. The first-order valence-electron chi connectivity index (χ1n) is 11.1. The molecule has 3 rings (SSSR count). The highest BCUT2D eigenvalue weighted by Crippen LogP contribution is 2.27. The zero-order valence-corrected chi connectivity index (χ0v) is 19.0. The van der Waals surface area contributed by atoms with Crippen LogP contribution in [0.2, 0.25) is 0 Å². The van der Waals surface area contributed by atoms with E-state index in [4.69, 9.17) is 9.47 Å². The Kier molecular flexibility index (Phi) is 7.93. The van der Waals surface area contributed by atoms with Crippen molar-refractivity contribution in [1.29, 1.82) is 0 Å². The fourth-order valence-corrected chi connectivity index (χ4v) is 3.79. The molecule has 0 bridgehead atoms. The number of hydrogen-bond acceptors (Lipinski definition) is 4. The molecule has 0 aromatic carbocycles. The van der Waals surface area contributed by atoms with Crippen LogP contribution in [-0.4, -0.2) is 35.4 Å². The smallest absolute Gasteiger partial charge is 0.340 e. The number of aliphatic imine (C=N–C) groups is 1. The van der Waals surface area contributed by atoms with Gasteiger partial charge in [0.1, 0.15) is 11.5 Å². The summed E-state index contributed by atoms with van der Waals surface area (Å²) < 4.78 is 11.0. The Hall–Kier alpha value is -3.02. The average molecular weight is 424 g/mol. The summed E-state index contributed by atoms with van der Waals surface area (Å²) >= 11 is 0. The van der Waals surface area contributed by atoms with E-state index in [1.54, 1.807) is 7.11 Å². The molecule has 0 amide bonds. The summed E-state index contributed by atoms with van der Waals surface area (Å²) in [6, 6.07) is 3.90. The van der Waals surface area contributed by atoms with Crippen LogP contribution >= 0.6 is 0 Å². The second kappa shape index (κ2) is 10.8. The predicted octanol–water partition coefficient (Wildman–Crippen LogP) is 5.85. The minimum Gasteiger partial charge on any atom is -0.494 e. The van der Waals surface area contributed by atoms with Crippen LogP contribution in [-0.2, 0) is 9.47 Å². The molecule has 2 aromatic rings. The minimum absolute atomic E-state index is 0.269. The molecule has 0 fully saturated rings. The van der Waals surface area contributed by atoms with Crippen LogP contribution in [0.3, 0.4) is 0 Å². The summed E-state index contributed by atoms with van der Waals surface area (Å²) in [6.07, 6.45) is 12.7. The van der Waals surface area contributed by atoms with E-state index in [1.165, 1.54) is 25.7 Å². The second-order valence-corrected chi connectivity index (χ2v) is 7.89. The molecule has 0 aliphatic carbocycles. The molecule has 0 saturated carbocycles. The topological polar surface area (TPSA) is 79.5 Å². The van der Waals surface area contributed by atoms with Gasteiger partial charge in [0.05, 0.1) is 30.7 Å². The molecular formula is C25H33N3O3. The number of aromatic nitrogens is 2. The number of nitrogens with one attached hydrogen (secondary N) is 2. The van der Waals surface area contributed by atoms with Gasteiger partial charge < -0.3 is 19.4 Å². The van der Waals surface area contributed by atoms with Gasteiger partial charge in [0.25, 0.3) is 0 Å². The third-order valence-corrected chi connectivity index (χ3v) is 5.55. The maximum Gasteiger partial charge on any atom is 0.340 e. The first kappa shape index (κ1) is 22.7. The standard InChI is InChI=1S/C25H33N3O3/c1-5-6-7-8-9-10-14-31-25(29)24-17(2)20(27-18(24)3)15-22-23(30-4)16-21(28-22)19-12-11-13-26-19/h11-13,15-16,26-27H,5-10,14H2,1-4H3/b22-15-. The Bertz CT molecular complexity index is 978. The van der Waals surface area contributed by atoms with Crippen molar-refractivity contribution in [2.75, 3.05) is 13.7 Å². The third-order valence-electron chi connectivity index (χ3n) is 5.55. The molecule has 1 aliphatic heterocycles. The summed E-state index contributed by atoms with van der Waals surface area (Å²) in [6.45, 7) is 6.50. The van der Waals surface area contributed by atoms with E-state index in [9.17, 15) is 4.79 Å². The number of ether oxygens (including phenoxy) is 2. The highest BCUT2D eigenvalue weighted by Gasteiger charge is 2.21. The first-order chi connectivity index (χ1) is 15.0. The fourth-order valence-electron chi connectivity index (χ4n) is 3.79. The second-order valence-electron chi connectivity index (χ2n) is 7.89. The Balaban J connectivity index is 1.68. The van der Waals surface area contributed by atoms with Crippen LogP contribution in [0.1, 0.15) is 78.5 Å². The normalized spacial score (nSPS) is 14.6. The fraction of sp³-hybridized carbons (Fsp3) is 0.440. The number of unbranched alkanes of at least 4 members (excludes halogenated alkanes) is 5. The molecular weight excluding hydrogens is 390 g/mol. The lowest BCUT2D eigenvalue weighted by Crippen LogP contribution is -2.08. The van der Waals surface area contributed by atoms with Gasteiger partial charge in [0.15, 0.2) is 0 Å². The molecule has 1 aliphatic rings. The van der Waals surface area contributed by atoms with Gasteiger partial charge in [-0.05, 0) is 44.0 Å². The van der Waals surface area contributed by atoms with E-state index < -0.39 is 0 Å². The number of hydrogen-bond donors (Lipinski definition) is 2. The number of allylic oxidation sites excluding steroid dienone is 1. The van der Waals surface area contributed by atoms with Gasteiger partial charge in [0.2, 0.25) is 0 Å². The zero-order chi connectivity index (χ0) is 22.2. The van der Waals surface area contributed by atoms with Gasteiger partial charge in [-0.15, -0.1) is 0 Å². The van der Waals surface area contributed by atoms with Crippen molar-refractivity contribution in [2.24, 2.45) is 4.99 Å². The van der Waals surface area contributed by atoms with Crippen LogP contribution in [0.5, 0.6) is 0 Å². The van der Waals surface area contributed by atoms with E-state index in [1.807, 2.05) is 44.3 Å². The average Bonchev–Trinajstić information content (AvgIpc) is 3.47. The number of carbonyl (C=O) groups excluding carboxylic acids is 1. The quantitative estimate of drug-likeness (QED) is 0.351. The molecule has 6 heteroatoms.